The molecule has 3 nitrogen and oxygen atoms in total. The van der Waals surface area contributed by atoms with Crippen molar-refractivity contribution in [2.45, 2.75) is 6.92 Å². The van der Waals surface area contributed by atoms with Gasteiger partial charge in [0.2, 0.25) is 0 Å². The second-order valence-electron chi connectivity index (χ2n) is 3.85. The Labute approximate surface area is 105 Å². The van der Waals surface area contributed by atoms with Crippen LogP contribution in [0.5, 0.6) is 0 Å². The molecular weight excluding hydrogens is 266 g/mol. The van der Waals surface area contributed by atoms with E-state index in [0.29, 0.717) is 11.5 Å². The minimum atomic E-state index is 0.528. The van der Waals surface area contributed by atoms with E-state index in [1.165, 1.54) is 0 Å². The maximum absolute atomic E-state index is 8.99. The Hall–Kier alpha value is -1.05. The molecule has 0 saturated heterocycles. The molecule has 4 heteroatoms. The average Bonchev–Trinajstić information content (AvgIpc) is 2.27. The van der Waals surface area contributed by atoms with Gasteiger partial charge in [-0.15, -0.1) is 0 Å². The number of hydrogen-bond donors (Lipinski definition) is 2. The van der Waals surface area contributed by atoms with Crippen molar-refractivity contribution in [3.05, 3.63) is 28.2 Å². The highest BCUT2D eigenvalue weighted by molar-refractivity contribution is 9.10. The zero-order valence-electron chi connectivity index (χ0n) is 9.55. The van der Waals surface area contributed by atoms with E-state index in [1.807, 2.05) is 25.2 Å². The van der Waals surface area contributed by atoms with Crippen molar-refractivity contribution in [2.24, 2.45) is 5.92 Å². The van der Waals surface area contributed by atoms with E-state index in [-0.39, 0.29) is 0 Å². The maximum atomic E-state index is 8.99. The molecule has 1 atom stereocenters. The van der Waals surface area contributed by atoms with E-state index in [1.54, 1.807) is 0 Å². The van der Waals surface area contributed by atoms with Crippen LogP contribution in [-0.2, 0) is 0 Å². The van der Waals surface area contributed by atoms with Crippen molar-refractivity contribution < 1.29 is 0 Å². The van der Waals surface area contributed by atoms with Crippen LogP contribution in [0.25, 0.3) is 0 Å². The molecule has 0 fully saturated rings. The number of benzene rings is 1. The molecule has 2 N–H and O–H groups in total. The van der Waals surface area contributed by atoms with E-state index in [2.05, 4.69) is 39.6 Å². The van der Waals surface area contributed by atoms with Crippen molar-refractivity contribution in [3.8, 4) is 6.07 Å². The van der Waals surface area contributed by atoms with E-state index in [0.717, 1.165) is 23.2 Å². The van der Waals surface area contributed by atoms with Gasteiger partial charge in [0.25, 0.3) is 0 Å². The lowest BCUT2D eigenvalue weighted by Crippen LogP contribution is -2.23. The molecule has 1 rings (SSSR count). The quantitative estimate of drug-likeness (QED) is 0.872. The second-order valence-corrected chi connectivity index (χ2v) is 4.76. The molecule has 0 radical (unpaired) electrons. The molecule has 1 aromatic carbocycles. The molecule has 86 valence electrons. The molecule has 0 amide bonds. The number of nitrogens with zero attached hydrogens (tertiary/aromatic N) is 1. The monoisotopic (exact) mass is 281 g/mol. The molecule has 1 unspecified atom stereocenters. The molecule has 0 aliphatic rings. The summed E-state index contributed by atoms with van der Waals surface area (Å²) < 4.78 is 0.929. The van der Waals surface area contributed by atoms with E-state index >= 15 is 0 Å². The molecule has 0 heterocycles. The van der Waals surface area contributed by atoms with Crippen LogP contribution >= 0.6 is 15.9 Å². The Morgan fingerprint density at radius 1 is 1.44 bits per heavy atom. The summed E-state index contributed by atoms with van der Waals surface area (Å²) in [6.07, 6.45) is 0. The summed E-state index contributed by atoms with van der Waals surface area (Å²) in [4.78, 5) is 0. The van der Waals surface area contributed by atoms with E-state index < -0.39 is 0 Å². The standard InChI is InChI=1S/C12H16BrN3/c1-9(7-15-2)8-16-12-4-3-11(13)5-10(12)6-14/h3-5,9,15-16H,7-8H2,1-2H3. The Bertz CT molecular complexity index is 384. The molecule has 0 saturated carbocycles. The Kier molecular flexibility index (Phi) is 5.30. The first-order valence-electron chi connectivity index (χ1n) is 5.25. The molecule has 0 bridgehead atoms. The van der Waals surface area contributed by atoms with Crippen molar-refractivity contribution in [2.75, 3.05) is 25.5 Å². The van der Waals surface area contributed by atoms with Crippen LogP contribution in [0.2, 0.25) is 0 Å². The summed E-state index contributed by atoms with van der Waals surface area (Å²) in [5.74, 6) is 0.528. The van der Waals surface area contributed by atoms with Crippen molar-refractivity contribution in [1.82, 2.24) is 5.32 Å². The first kappa shape index (κ1) is 13.0. The minimum Gasteiger partial charge on any atom is -0.384 e. The number of nitriles is 1. The topological polar surface area (TPSA) is 47.8 Å². The zero-order valence-corrected chi connectivity index (χ0v) is 11.1. The summed E-state index contributed by atoms with van der Waals surface area (Å²) in [6, 6.07) is 7.87. The summed E-state index contributed by atoms with van der Waals surface area (Å²) in [7, 11) is 1.94. The third kappa shape index (κ3) is 3.84. The third-order valence-corrected chi connectivity index (χ3v) is 2.79. The van der Waals surface area contributed by atoms with Gasteiger partial charge >= 0.3 is 0 Å². The summed E-state index contributed by atoms with van der Waals surface area (Å²) in [6.45, 7) is 3.98. The van der Waals surface area contributed by atoms with Crippen LogP contribution < -0.4 is 10.6 Å². The fourth-order valence-electron chi connectivity index (χ4n) is 1.47. The van der Waals surface area contributed by atoms with Gasteiger partial charge in [-0.3, -0.25) is 0 Å². The van der Waals surface area contributed by atoms with Gasteiger partial charge in [-0.2, -0.15) is 5.26 Å². The van der Waals surface area contributed by atoms with Crippen LogP contribution in [0.1, 0.15) is 12.5 Å². The number of anilines is 1. The Morgan fingerprint density at radius 3 is 2.81 bits per heavy atom. The molecule has 1 aromatic rings. The zero-order chi connectivity index (χ0) is 12.0. The lowest BCUT2D eigenvalue weighted by molar-refractivity contribution is 0.569. The second kappa shape index (κ2) is 6.51. The molecule has 0 aromatic heterocycles. The van der Waals surface area contributed by atoms with E-state index in [4.69, 9.17) is 5.26 Å². The smallest absolute Gasteiger partial charge is 0.101 e. The maximum Gasteiger partial charge on any atom is 0.101 e. The van der Waals surface area contributed by atoms with Crippen LogP contribution in [0.4, 0.5) is 5.69 Å². The third-order valence-electron chi connectivity index (χ3n) is 2.30. The molecular formula is C12H16BrN3. The summed E-state index contributed by atoms with van der Waals surface area (Å²) in [5, 5.41) is 15.4. The van der Waals surface area contributed by atoms with Crippen LogP contribution in [0.15, 0.2) is 22.7 Å². The molecule has 0 aliphatic carbocycles. The number of rotatable bonds is 5. The lowest BCUT2D eigenvalue weighted by Gasteiger charge is -2.13. The van der Waals surface area contributed by atoms with E-state index in [9.17, 15) is 0 Å². The largest absolute Gasteiger partial charge is 0.384 e. The van der Waals surface area contributed by atoms with Crippen LogP contribution in [0.3, 0.4) is 0 Å². The van der Waals surface area contributed by atoms with Crippen LogP contribution in [-0.4, -0.2) is 20.1 Å². The fourth-order valence-corrected chi connectivity index (χ4v) is 1.83. The fraction of sp³-hybridized carbons (Fsp3) is 0.417. The summed E-state index contributed by atoms with van der Waals surface area (Å²) in [5.41, 5.74) is 1.57. The Balaban J connectivity index is 2.64. The first-order chi connectivity index (χ1) is 7.67. The highest BCUT2D eigenvalue weighted by Gasteiger charge is 2.04. The van der Waals surface area contributed by atoms with Crippen molar-refractivity contribution >= 4 is 21.6 Å². The van der Waals surface area contributed by atoms with Gasteiger partial charge in [-0.25, -0.2) is 0 Å². The van der Waals surface area contributed by atoms with Crippen molar-refractivity contribution in [1.29, 1.82) is 5.26 Å². The van der Waals surface area contributed by atoms with Gasteiger partial charge in [-0.1, -0.05) is 22.9 Å². The highest BCUT2D eigenvalue weighted by Crippen LogP contribution is 2.20. The van der Waals surface area contributed by atoms with Gasteiger partial charge in [-0.05, 0) is 37.7 Å². The normalized spacial score (nSPS) is 11.9. The number of nitrogens with one attached hydrogen (secondary N) is 2. The number of halogens is 1. The molecule has 0 spiro atoms. The SMILES string of the molecule is CNCC(C)CNc1ccc(Br)cc1C#N. The van der Waals surface area contributed by atoms with Crippen molar-refractivity contribution in [3.63, 3.8) is 0 Å². The van der Waals surface area contributed by atoms with Gasteiger partial charge in [0.1, 0.15) is 6.07 Å². The first-order valence-corrected chi connectivity index (χ1v) is 6.04. The van der Waals surface area contributed by atoms with Gasteiger partial charge in [0, 0.05) is 11.0 Å². The summed E-state index contributed by atoms with van der Waals surface area (Å²) >= 11 is 3.35. The molecule has 0 aliphatic heterocycles. The number of hydrogen-bond acceptors (Lipinski definition) is 3. The van der Waals surface area contributed by atoms with Gasteiger partial charge in [0.05, 0.1) is 11.3 Å². The average molecular weight is 282 g/mol. The van der Waals surface area contributed by atoms with Gasteiger partial charge < -0.3 is 10.6 Å². The van der Waals surface area contributed by atoms with Gasteiger partial charge in [0.15, 0.2) is 0 Å². The predicted molar refractivity (Wildman–Crippen MR) is 70.4 cm³/mol. The van der Waals surface area contributed by atoms with Crippen LogP contribution in [0, 0.1) is 17.2 Å². The Morgan fingerprint density at radius 2 is 2.19 bits per heavy atom. The highest BCUT2D eigenvalue weighted by atomic mass is 79.9. The minimum absolute atomic E-state index is 0.528. The predicted octanol–water partition coefficient (Wildman–Crippen LogP) is 2.59. The lowest BCUT2D eigenvalue weighted by atomic mass is 10.1. The molecule has 16 heavy (non-hydrogen) atoms.